The summed E-state index contributed by atoms with van der Waals surface area (Å²) in [5.41, 5.74) is 17.8. The van der Waals surface area contributed by atoms with Gasteiger partial charge in [-0.25, -0.2) is 9.97 Å². The number of nitrogens with zero attached hydrogens (tertiary/aromatic N) is 6. The molecule has 39 heavy (non-hydrogen) atoms. The molecule has 5 rings (SSSR count). The molecule has 202 valence electrons. The lowest BCUT2D eigenvalue weighted by Crippen LogP contribution is -2.19. The van der Waals surface area contributed by atoms with E-state index in [2.05, 4.69) is 41.9 Å². The van der Waals surface area contributed by atoms with Crippen LogP contribution >= 0.6 is 11.3 Å². The van der Waals surface area contributed by atoms with Crippen LogP contribution < -0.4 is 11.5 Å². The van der Waals surface area contributed by atoms with Crippen LogP contribution in [0.2, 0.25) is 0 Å². The summed E-state index contributed by atoms with van der Waals surface area (Å²) in [5, 5.41) is 0. The van der Waals surface area contributed by atoms with Gasteiger partial charge in [-0.3, -0.25) is 9.98 Å². The molecule has 3 aromatic heterocycles. The van der Waals surface area contributed by atoms with E-state index in [-0.39, 0.29) is 0 Å². The molecule has 0 aliphatic heterocycles. The second-order valence-electron chi connectivity index (χ2n) is 9.94. The summed E-state index contributed by atoms with van der Waals surface area (Å²) < 4.78 is 0. The largest absolute Gasteiger partial charge is 0.384 e. The van der Waals surface area contributed by atoms with Crippen molar-refractivity contribution in [3.05, 3.63) is 59.7 Å². The van der Waals surface area contributed by atoms with Gasteiger partial charge in [0.05, 0.1) is 44.9 Å². The van der Waals surface area contributed by atoms with E-state index in [4.69, 9.17) is 21.4 Å². The summed E-state index contributed by atoms with van der Waals surface area (Å²) in [6, 6.07) is 16.0. The van der Waals surface area contributed by atoms with Gasteiger partial charge in [-0.05, 0) is 76.7 Å². The van der Waals surface area contributed by atoms with Crippen LogP contribution in [0.25, 0.3) is 43.5 Å². The number of thiophene rings is 1. The van der Waals surface area contributed by atoms with Crippen LogP contribution in [0, 0.1) is 0 Å². The Kier molecular flexibility index (Phi) is 7.73. The molecule has 0 spiro atoms. The standard InChI is InChI=1S/C28H34N10S/c1-37(2)13-11-31-25(29)17-5-7-19-21(15-17)35-27(33-19)23-9-10-24(39-23)28-34-20-8-6-18(16-22(20)36-28)26(30)32-12-14-38(3)4/h5-10,15-16H,11-14H2,1-4H3,(H2,29,31)(H2,30,32)(H,33,35)(H,34,36). The van der Waals surface area contributed by atoms with Crippen molar-refractivity contribution in [2.24, 2.45) is 21.5 Å². The minimum Gasteiger partial charge on any atom is -0.384 e. The van der Waals surface area contributed by atoms with E-state index in [0.717, 1.165) is 67.7 Å². The Bertz CT molecular complexity index is 1530. The molecule has 2 aromatic carbocycles. The van der Waals surface area contributed by atoms with Crippen molar-refractivity contribution in [3.8, 4) is 21.4 Å². The Morgan fingerprint density at radius 3 is 1.56 bits per heavy atom. The molecule has 0 atom stereocenters. The van der Waals surface area contributed by atoms with Crippen molar-refractivity contribution >= 4 is 45.1 Å². The van der Waals surface area contributed by atoms with Crippen molar-refractivity contribution in [1.82, 2.24) is 29.7 Å². The molecule has 0 radical (unpaired) electrons. The number of nitrogens with one attached hydrogen (secondary N) is 2. The third-order valence-electron chi connectivity index (χ3n) is 6.29. The SMILES string of the molecule is CN(C)CCN=C(N)c1ccc2nc(-c3ccc(-c4nc5ccc(C(N)=NCCN(C)C)cc5[nH]4)s3)[nH]c2c1. The number of aromatic amines is 2. The quantitative estimate of drug-likeness (QED) is 0.158. The van der Waals surface area contributed by atoms with Crippen LogP contribution in [0.5, 0.6) is 0 Å². The van der Waals surface area contributed by atoms with Crippen LogP contribution in [0.15, 0.2) is 58.5 Å². The highest BCUT2D eigenvalue weighted by Gasteiger charge is 2.13. The highest BCUT2D eigenvalue weighted by atomic mass is 32.1. The second-order valence-corrected chi connectivity index (χ2v) is 11.0. The number of amidine groups is 2. The van der Waals surface area contributed by atoms with Crippen molar-refractivity contribution in [1.29, 1.82) is 0 Å². The van der Waals surface area contributed by atoms with E-state index in [1.165, 1.54) is 0 Å². The predicted octanol–water partition coefficient (Wildman–Crippen LogP) is 3.37. The lowest BCUT2D eigenvalue weighted by atomic mass is 10.2. The van der Waals surface area contributed by atoms with E-state index in [1.807, 2.05) is 64.6 Å². The van der Waals surface area contributed by atoms with Gasteiger partial charge < -0.3 is 31.2 Å². The van der Waals surface area contributed by atoms with Crippen LogP contribution in [-0.4, -0.2) is 95.8 Å². The fourth-order valence-electron chi connectivity index (χ4n) is 4.09. The maximum absolute atomic E-state index is 6.22. The summed E-state index contributed by atoms with van der Waals surface area (Å²) >= 11 is 1.62. The van der Waals surface area contributed by atoms with Gasteiger partial charge >= 0.3 is 0 Å². The van der Waals surface area contributed by atoms with Gasteiger partial charge in [0.15, 0.2) is 0 Å². The zero-order chi connectivity index (χ0) is 27.5. The molecule has 3 heterocycles. The van der Waals surface area contributed by atoms with E-state index >= 15 is 0 Å². The van der Waals surface area contributed by atoms with Crippen molar-refractivity contribution < 1.29 is 0 Å². The fourth-order valence-corrected chi connectivity index (χ4v) is 4.98. The predicted molar refractivity (Wildman–Crippen MR) is 163 cm³/mol. The minimum absolute atomic E-state index is 0.531. The number of H-pyrrole nitrogens is 2. The lowest BCUT2D eigenvalue weighted by molar-refractivity contribution is 0.420. The van der Waals surface area contributed by atoms with E-state index in [9.17, 15) is 0 Å². The number of hydrogen-bond donors (Lipinski definition) is 4. The van der Waals surface area contributed by atoms with Gasteiger partial charge in [-0.15, -0.1) is 11.3 Å². The number of rotatable bonds is 10. The van der Waals surface area contributed by atoms with E-state index in [1.54, 1.807) is 11.3 Å². The normalized spacial score (nSPS) is 13.0. The Morgan fingerprint density at radius 1 is 0.718 bits per heavy atom. The molecule has 11 heteroatoms. The van der Waals surface area contributed by atoms with Gasteiger partial charge in [-0.2, -0.15) is 0 Å². The van der Waals surface area contributed by atoms with Crippen LogP contribution in [-0.2, 0) is 0 Å². The molecule has 0 aliphatic carbocycles. The van der Waals surface area contributed by atoms with Crippen molar-refractivity contribution in [3.63, 3.8) is 0 Å². The number of likely N-dealkylation sites (N-methyl/N-ethyl adjacent to an activating group) is 2. The average molecular weight is 543 g/mol. The van der Waals surface area contributed by atoms with Crippen molar-refractivity contribution in [2.45, 2.75) is 0 Å². The summed E-state index contributed by atoms with van der Waals surface area (Å²) in [7, 11) is 8.08. The monoisotopic (exact) mass is 542 g/mol. The van der Waals surface area contributed by atoms with Gasteiger partial charge in [-0.1, -0.05) is 0 Å². The zero-order valence-corrected chi connectivity index (χ0v) is 23.5. The Morgan fingerprint density at radius 2 is 1.15 bits per heavy atom. The number of hydrogen-bond acceptors (Lipinski definition) is 7. The number of imidazole rings is 2. The number of aromatic nitrogens is 4. The maximum Gasteiger partial charge on any atom is 0.148 e. The Balaban J connectivity index is 1.35. The summed E-state index contributed by atoms with van der Waals surface area (Å²) in [6.45, 7) is 3.01. The molecular formula is C28H34N10S. The van der Waals surface area contributed by atoms with Gasteiger partial charge in [0.25, 0.3) is 0 Å². The Labute approximate surface area is 231 Å². The molecule has 0 bridgehead atoms. The first-order valence-electron chi connectivity index (χ1n) is 12.8. The fraction of sp³-hybridized carbons (Fsp3) is 0.286. The smallest absolute Gasteiger partial charge is 0.148 e. The second kappa shape index (κ2) is 11.4. The molecule has 0 saturated heterocycles. The first kappa shape index (κ1) is 26.5. The third-order valence-corrected chi connectivity index (χ3v) is 7.39. The average Bonchev–Trinajstić information content (AvgIpc) is 3.64. The molecule has 0 fully saturated rings. The molecule has 5 aromatic rings. The maximum atomic E-state index is 6.22. The van der Waals surface area contributed by atoms with Gasteiger partial charge in [0.2, 0.25) is 0 Å². The number of aliphatic imine (C=N–C) groups is 2. The van der Waals surface area contributed by atoms with Gasteiger partial charge in [0.1, 0.15) is 23.3 Å². The zero-order valence-electron chi connectivity index (χ0n) is 22.7. The Hall–Kier alpha value is -4.06. The topological polar surface area (TPSA) is 141 Å². The molecule has 0 unspecified atom stereocenters. The highest BCUT2D eigenvalue weighted by molar-refractivity contribution is 7.18. The molecule has 0 saturated carbocycles. The number of fused-ring (bicyclic) bond motifs is 2. The van der Waals surface area contributed by atoms with Crippen LogP contribution in [0.4, 0.5) is 0 Å². The lowest BCUT2D eigenvalue weighted by Gasteiger charge is -2.07. The van der Waals surface area contributed by atoms with E-state index in [0.29, 0.717) is 24.8 Å². The molecule has 0 amide bonds. The van der Waals surface area contributed by atoms with Crippen LogP contribution in [0.3, 0.4) is 0 Å². The third kappa shape index (κ3) is 6.17. The van der Waals surface area contributed by atoms with Crippen LogP contribution in [0.1, 0.15) is 11.1 Å². The summed E-state index contributed by atoms with van der Waals surface area (Å²) in [6.07, 6.45) is 0. The minimum atomic E-state index is 0.531. The summed E-state index contributed by atoms with van der Waals surface area (Å²) in [5.74, 6) is 2.68. The summed E-state index contributed by atoms with van der Waals surface area (Å²) in [4.78, 5) is 31.6. The molecular weight excluding hydrogens is 508 g/mol. The molecule has 0 aliphatic rings. The first-order valence-corrected chi connectivity index (χ1v) is 13.6. The molecule has 6 N–H and O–H groups in total. The van der Waals surface area contributed by atoms with E-state index < -0.39 is 0 Å². The number of benzene rings is 2. The highest BCUT2D eigenvalue weighted by Crippen LogP contribution is 2.34. The van der Waals surface area contributed by atoms with Gasteiger partial charge in [0, 0.05) is 24.2 Å². The molecule has 10 nitrogen and oxygen atoms in total. The van der Waals surface area contributed by atoms with Crippen molar-refractivity contribution in [2.75, 3.05) is 54.4 Å². The first-order chi connectivity index (χ1) is 18.8. The number of nitrogens with two attached hydrogens (primary N) is 2.